The van der Waals surface area contributed by atoms with Gasteiger partial charge in [-0.3, -0.25) is 4.79 Å². The van der Waals surface area contributed by atoms with Crippen molar-refractivity contribution in [2.45, 2.75) is 0 Å². The fourth-order valence-electron chi connectivity index (χ4n) is 2.17. The van der Waals surface area contributed by atoms with Gasteiger partial charge in [-0.2, -0.15) is 5.26 Å². The zero-order valence-corrected chi connectivity index (χ0v) is 14.1. The van der Waals surface area contributed by atoms with Crippen molar-refractivity contribution >= 4 is 23.6 Å². The minimum atomic E-state index is -1.11. The van der Waals surface area contributed by atoms with Crippen LogP contribution in [-0.4, -0.2) is 31.2 Å². The second-order valence-corrected chi connectivity index (χ2v) is 5.12. The van der Waals surface area contributed by atoms with Crippen molar-refractivity contribution in [1.82, 2.24) is 0 Å². The first-order valence-electron chi connectivity index (χ1n) is 7.47. The van der Waals surface area contributed by atoms with Gasteiger partial charge in [-0.05, 0) is 36.4 Å². The van der Waals surface area contributed by atoms with Crippen molar-refractivity contribution in [2.24, 2.45) is 0 Å². The number of amides is 1. The van der Waals surface area contributed by atoms with Crippen LogP contribution in [0.3, 0.4) is 0 Å². The summed E-state index contributed by atoms with van der Waals surface area (Å²) in [6.07, 6.45) is 1.38. The molecule has 26 heavy (non-hydrogen) atoms. The molecule has 7 heteroatoms. The number of hydrogen-bond donors (Lipinski definition) is 2. The minimum Gasteiger partial charge on any atom is -0.497 e. The van der Waals surface area contributed by atoms with E-state index >= 15 is 0 Å². The number of carbonyl (C=O) groups is 2. The third-order valence-corrected chi connectivity index (χ3v) is 3.47. The second-order valence-electron chi connectivity index (χ2n) is 5.12. The number of methoxy groups -OCH3 is 2. The number of carboxylic acid groups (broad SMARTS) is 1. The van der Waals surface area contributed by atoms with Crippen LogP contribution in [0.15, 0.2) is 48.0 Å². The van der Waals surface area contributed by atoms with Gasteiger partial charge in [0.2, 0.25) is 0 Å². The molecule has 0 fully saturated rings. The molecule has 2 rings (SSSR count). The number of benzene rings is 2. The first-order valence-corrected chi connectivity index (χ1v) is 7.47. The summed E-state index contributed by atoms with van der Waals surface area (Å²) in [4.78, 5) is 23.3. The Labute approximate surface area is 150 Å². The highest BCUT2D eigenvalue weighted by Gasteiger charge is 2.13. The number of aromatic carboxylic acids is 1. The molecule has 1 amide bonds. The molecule has 0 bridgehead atoms. The Morgan fingerprint density at radius 3 is 2.54 bits per heavy atom. The van der Waals surface area contributed by atoms with Crippen molar-refractivity contribution in [2.75, 3.05) is 19.5 Å². The molecule has 0 atom stereocenters. The Hall–Kier alpha value is -3.79. The Balaban J connectivity index is 2.29. The third kappa shape index (κ3) is 4.39. The van der Waals surface area contributed by atoms with E-state index in [4.69, 9.17) is 14.6 Å². The first-order chi connectivity index (χ1) is 12.5. The summed E-state index contributed by atoms with van der Waals surface area (Å²) in [6.45, 7) is 0. The maximum atomic E-state index is 12.3. The molecule has 0 heterocycles. The quantitative estimate of drug-likeness (QED) is 0.611. The van der Waals surface area contributed by atoms with Crippen LogP contribution >= 0.6 is 0 Å². The largest absolute Gasteiger partial charge is 0.497 e. The normalized spacial score (nSPS) is 10.6. The van der Waals surface area contributed by atoms with Crippen molar-refractivity contribution < 1.29 is 24.2 Å². The van der Waals surface area contributed by atoms with E-state index in [0.717, 1.165) is 0 Å². The molecule has 0 aliphatic rings. The molecule has 0 radical (unpaired) electrons. The Morgan fingerprint density at radius 2 is 1.92 bits per heavy atom. The van der Waals surface area contributed by atoms with Crippen molar-refractivity contribution in [3.63, 3.8) is 0 Å². The van der Waals surface area contributed by atoms with Crippen LogP contribution < -0.4 is 14.8 Å². The number of nitrogens with zero attached hydrogens (tertiary/aromatic N) is 1. The number of hydrogen-bond acceptors (Lipinski definition) is 5. The van der Waals surface area contributed by atoms with Crippen LogP contribution in [0.25, 0.3) is 6.08 Å². The number of carbonyl (C=O) groups excluding carboxylic acids is 1. The van der Waals surface area contributed by atoms with Gasteiger partial charge < -0.3 is 19.9 Å². The molecule has 2 aromatic carbocycles. The van der Waals surface area contributed by atoms with Crippen LogP contribution in [0.1, 0.15) is 15.9 Å². The molecule has 2 N–H and O–H groups in total. The lowest BCUT2D eigenvalue weighted by molar-refractivity contribution is -0.112. The molecule has 0 aliphatic carbocycles. The molecular formula is C19H16N2O5. The molecule has 0 unspecified atom stereocenters. The lowest BCUT2D eigenvalue weighted by Crippen LogP contribution is -2.14. The number of rotatable bonds is 6. The molecule has 0 aliphatic heterocycles. The molecule has 132 valence electrons. The third-order valence-electron chi connectivity index (χ3n) is 3.47. The highest BCUT2D eigenvalue weighted by atomic mass is 16.5. The lowest BCUT2D eigenvalue weighted by atomic mass is 10.1. The van der Waals surface area contributed by atoms with E-state index < -0.39 is 11.9 Å². The van der Waals surface area contributed by atoms with E-state index in [2.05, 4.69) is 5.32 Å². The average Bonchev–Trinajstić information content (AvgIpc) is 2.66. The monoisotopic (exact) mass is 352 g/mol. The molecule has 0 saturated carbocycles. The molecule has 0 spiro atoms. The topological polar surface area (TPSA) is 109 Å². The van der Waals surface area contributed by atoms with Crippen molar-refractivity contribution in [1.29, 1.82) is 5.26 Å². The van der Waals surface area contributed by atoms with Gasteiger partial charge in [0.15, 0.2) is 0 Å². The summed E-state index contributed by atoms with van der Waals surface area (Å²) < 4.78 is 10.3. The van der Waals surface area contributed by atoms with Crippen LogP contribution in [-0.2, 0) is 4.79 Å². The van der Waals surface area contributed by atoms with Gasteiger partial charge in [0, 0.05) is 17.3 Å². The first kappa shape index (κ1) is 18.5. The number of ether oxygens (including phenoxy) is 2. The Kier molecular flexibility index (Phi) is 5.96. The highest BCUT2D eigenvalue weighted by molar-refractivity contribution is 6.10. The van der Waals surface area contributed by atoms with E-state index in [1.54, 1.807) is 18.2 Å². The smallest absolute Gasteiger partial charge is 0.335 e. The van der Waals surface area contributed by atoms with Gasteiger partial charge in [-0.15, -0.1) is 0 Å². The molecule has 7 nitrogen and oxygen atoms in total. The average molecular weight is 352 g/mol. The van der Waals surface area contributed by atoms with E-state index in [0.29, 0.717) is 17.1 Å². The van der Waals surface area contributed by atoms with Gasteiger partial charge in [0.1, 0.15) is 23.1 Å². The second kappa shape index (κ2) is 8.35. The van der Waals surface area contributed by atoms with Crippen LogP contribution in [0.4, 0.5) is 5.69 Å². The number of nitriles is 1. The maximum absolute atomic E-state index is 12.3. The number of anilines is 1. The van der Waals surface area contributed by atoms with Crippen molar-refractivity contribution in [3.8, 4) is 17.6 Å². The molecule has 0 aromatic heterocycles. The van der Waals surface area contributed by atoms with Gasteiger partial charge in [-0.1, -0.05) is 6.07 Å². The summed E-state index contributed by atoms with van der Waals surface area (Å²) >= 11 is 0. The summed E-state index contributed by atoms with van der Waals surface area (Å²) in [5.74, 6) is -0.752. The zero-order valence-electron chi connectivity index (χ0n) is 14.1. The number of nitrogens with one attached hydrogen (secondary N) is 1. The van der Waals surface area contributed by atoms with E-state index in [-0.39, 0.29) is 16.8 Å². The van der Waals surface area contributed by atoms with Crippen LogP contribution in [0.2, 0.25) is 0 Å². The minimum absolute atomic E-state index is 0.0297. The highest BCUT2D eigenvalue weighted by Crippen LogP contribution is 2.26. The zero-order chi connectivity index (χ0) is 19.1. The van der Waals surface area contributed by atoms with Crippen LogP contribution in [0.5, 0.6) is 11.5 Å². The standard InChI is InChI=1S/C19H16N2O5/c1-25-16-7-6-12(17(10-16)26-2)8-14(11-20)18(22)21-15-5-3-4-13(9-15)19(23)24/h3-10H,1-2H3,(H,21,22)(H,23,24)/b14-8-. The Morgan fingerprint density at radius 1 is 1.15 bits per heavy atom. The maximum Gasteiger partial charge on any atom is 0.335 e. The summed E-state index contributed by atoms with van der Waals surface area (Å²) in [5.41, 5.74) is 0.674. The van der Waals surface area contributed by atoms with Gasteiger partial charge in [0.25, 0.3) is 5.91 Å². The Bertz CT molecular complexity index is 912. The van der Waals surface area contributed by atoms with Crippen molar-refractivity contribution in [3.05, 3.63) is 59.2 Å². The summed E-state index contributed by atoms with van der Waals surface area (Å²) in [7, 11) is 2.99. The lowest BCUT2D eigenvalue weighted by Gasteiger charge is -2.09. The van der Waals surface area contributed by atoms with E-state index in [1.807, 2.05) is 6.07 Å². The van der Waals surface area contributed by atoms with E-state index in [1.165, 1.54) is 44.6 Å². The van der Waals surface area contributed by atoms with Crippen LogP contribution in [0, 0.1) is 11.3 Å². The molecule has 0 saturated heterocycles. The summed E-state index contributed by atoms with van der Waals surface area (Å²) in [6, 6.07) is 12.6. The number of carboxylic acids is 1. The SMILES string of the molecule is COc1ccc(/C=C(/C#N)C(=O)Nc2cccc(C(=O)O)c2)c(OC)c1. The van der Waals surface area contributed by atoms with E-state index in [9.17, 15) is 14.9 Å². The fraction of sp³-hybridized carbons (Fsp3) is 0.105. The van der Waals surface area contributed by atoms with Gasteiger partial charge in [-0.25, -0.2) is 4.79 Å². The van der Waals surface area contributed by atoms with Gasteiger partial charge in [0.05, 0.1) is 19.8 Å². The van der Waals surface area contributed by atoms with Gasteiger partial charge >= 0.3 is 5.97 Å². The predicted octanol–water partition coefficient (Wildman–Crippen LogP) is 2.95. The fourth-order valence-corrected chi connectivity index (χ4v) is 2.17. The summed E-state index contributed by atoms with van der Waals surface area (Å²) in [5, 5.41) is 20.8. The molecule has 2 aromatic rings. The predicted molar refractivity (Wildman–Crippen MR) is 95.2 cm³/mol. The molecular weight excluding hydrogens is 336 g/mol.